The molecule has 0 saturated heterocycles. The molecule has 1 rings (SSSR count). The van der Waals surface area contributed by atoms with Crippen LogP contribution in [0.15, 0.2) is 17.3 Å². The van der Waals surface area contributed by atoms with Crippen molar-refractivity contribution in [3.05, 3.63) is 22.3 Å². The molecule has 5 nitrogen and oxygen atoms in total. The van der Waals surface area contributed by atoms with E-state index < -0.39 is 0 Å². The van der Waals surface area contributed by atoms with Crippen molar-refractivity contribution >= 4 is 59.0 Å². The lowest BCUT2D eigenvalue weighted by Crippen LogP contribution is -2.37. The van der Waals surface area contributed by atoms with E-state index in [9.17, 15) is 0 Å². The van der Waals surface area contributed by atoms with Crippen molar-refractivity contribution in [1.29, 1.82) is 0 Å². The van der Waals surface area contributed by atoms with Crippen LogP contribution in [-0.4, -0.2) is 42.0 Å². The zero-order valence-corrected chi connectivity index (χ0v) is 15.4. The number of hydrogen-bond acceptors (Lipinski definition) is 3. The Labute approximate surface area is 147 Å². The van der Waals surface area contributed by atoms with E-state index in [0.717, 1.165) is 13.1 Å². The number of anilines is 1. The van der Waals surface area contributed by atoms with Gasteiger partial charge >= 0.3 is 0 Å². The Balaban J connectivity index is 0.00000361. The quantitative estimate of drug-likeness (QED) is 0.314. The van der Waals surface area contributed by atoms with Gasteiger partial charge in [-0.1, -0.05) is 23.2 Å². The van der Waals surface area contributed by atoms with Gasteiger partial charge in [-0.25, -0.2) is 4.98 Å². The number of halogens is 3. The van der Waals surface area contributed by atoms with Crippen LogP contribution in [0.25, 0.3) is 0 Å². The molecule has 0 saturated carbocycles. The summed E-state index contributed by atoms with van der Waals surface area (Å²) in [7, 11) is 0. The van der Waals surface area contributed by atoms with Crippen molar-refractivity contribution in [2.45, 2.75) is 13.8 Å². The molecule has 0 fully saturated rings. The van der Waals surface area contributed by atoms with E-state index in [4.69, 9.17) is 28.9 Å². The summed E-state index contributed by atoms with van der Waals surface area (Å²) in [5.41, 5.74) is 5.86. The molecular formula is C12H20Cl2IN5. The molecule has 0 aliphatic carbocycles. The summed E-state index contributed by atoms with van der Waals surface area (Å²) in [4.78, 5) is 10.4. The number of hydrogen-bond donors (Lipinski definition) is 2. The van der Waals surface area contributed by atoms with Gasteiger partial charge in [-0.15, -0.1) is 24.0 Å². The second-order valence-electron chi connectivity index (χ2n) is 3.82. The van der Waals surface area contributed by atoms with Gasteiger partial charge in [0.2, 0.25) is 0 Å². The highest BCUT2D eigenvalue weighted by atomic mass is 127. The predicted molar refractivity (Wildman–Crippen MR) is 97.6 cm³/mol. The number of pyridine rings is 1. The molecular weight excluding hydrogens is 412 g/mol. The first kappa shape index (κ1) is 19.5. The average Bonchev–Trinajstić information content (AvgIpc) is 2.38. The minimum absolute atomic E-state index is 0. The van der Waals surface area contributed by atoms with Gasteiger partial charge in [0.15, 0.2) is 5.96 Å². The van der Waals surface area contributed by atoms with Crippen LogP contribution in [0.1, 0.15) is 13.8 Å². The molecule has 0 atom stereocenters. The van der Waals surface area contributed by atoms with E-state index >= 15 is 0 Å². The molecule has 3 N–H and O–H groups in total. The van der Waals surface area contributed by atoms with Gasteiger partial charge in [-0.3, -0.25) is 4.99 Å². The van der Waals surface area contributed by atoms with Crippen LogP contribution >= 0.6 is 47.2 Å². The Bertz CT molecular complexity index is 438. The largest absolute Gasteiger partial charge is 0.370 e. The minimum Gasteiger partial charge on any atom is -0.370 e. The highest BCUT2D eigenvalue weighted by Gasteiger charge is 2.03. The van der Waals surface area contributed by atoms with E-state index in [1.165, 1.54) is 0 Å². The summed E-state index contributed by atoms with van der Waals surface area (Å²) in [6.45, 7) is 6.95. The molecule has 1 aromatic rings. The van der Waals surface area contributed by atoms with E-state index in [1.807, 2.05) is 18.7 Å². The van der Waals surface area contributed by atoms with Gasteiger partial charge in [0.1, 0.15) is 5.82 Å². The monoisotopic (exact) mass is 431 g/mol. The van der Waals surface area contributed by atoms with Crippen molar-refractivity contribution in [1.82, 2.24) is 9.88 Å². The van der Waals surface area contributed by atoms with Gasteiger partial charge in [-0.2, -0.15) is 0 Å². The number of aromatic nitrogens is 1. The molecule has 0 unspecified atom stereocenters. The van der Waals surface area contributed by atoms with E-state index in [0.29, 0.717) is 34.9 Å². The standard InChI is InChI=1S/C12H19Cl2N5.HI/c1-3-19(4-2)12(15)17-6-5-16-11-10(14)7-9(13)8-18-11;/h7-8H,3-6H2,1-2H3,(H2,15,17)(H,16,18);1H. The molecule has 0 bridgehead atoms. The Morgan fingerprint density at radius 3 is 2.60 bits per heavy atom. The van der Waals surface area contributed by atoms with Crippen molar-refractivity contribution in [3.63, 3.8) is 0 Å². The van der Waals surface area contributed by atoms with E-state index in [1.54, 1.807) is 12.3 Å². The Kier molecular flexibility index (Phi) is 10.0. The minimum atomic E-state index is 0. The van der Waals surface area contributed by atoms with Gasteiger partial charge in [0.05, 0.1) is 16.6 Å². The maximum Gasteiger partial charge on any atom is 0.191 e. The first-order valence-corrected chi connectivity index (χ1v) is 6.93. The lowest BCUT2D eigenvalue weighted by atomic mass is 10.4. The van der Waals surface area contributed by atoms with Crippen LogP contribution in [0.2, 0.25) is 10.0 Å². The number of rotatable bonds is 6. The van der Waals surface area contributed by atoms with Gasteiger partial charge in [-0.05, 0) is 19.9 Å². The lowest BCUT2D eigenvalue weighted by molar-refractivity contribution is 0.458. The summed E-state index contributed by atoms with van der Waals surface area (Å²) in [6.07, 6.45) is 1.54. The van der Waals surface area contributed by atoms with Crippen molar-refractivity contribution in [2.24, 2.45) is 10.7 Å². The molecule has 0 amide bonds. The molecule has 0 aliphatic heterocycles. The van der Waals surface area contributed by atoms with E-state index in [2.05, 4.69) is 15.3 Å². The number of aliphatic imine (C=N–C) groups is 1. The summed E-state index contributed by atoms with van der Waals surface area (Å²) >= 11 is 11.8. The third-order valence-electron chi connectivity index (χ3n) is 2.57. The number of guanidine groups is 1. The Hall–Kier alpha value is -0.470. The maximum absolute atomic E-state index is 5.99. The first-order chi connectivity index (χ1) is 9.08. The summed E-state index contributed by atoms with van der Waals surface area (Å²) in [5, 5.41) is 4.09. The number of nitrogens with one attached hydrogen (secondary N) is 1. The number of nitrogens with zero attached hydrogens (tertiary/aromatic N) is 3. The molecule has 0 spiro atoms. The topological polar surface area (TPSA) is 66.5 Å². The predicted octanol–water partition coefficient (Wildman–Crippen LogP) is 3.07. The molecule has 8 heteroatoms. The fraction of sp³-hybridized carbons (Fsp3) is 0.500. The van der Waals surface area contributed by atoms with Gasteiger partial charge < -0.3 is 16.0 Å². The third-order valence-corrected chi connectivity index (χ3v) is 3.07. The summed E-state index contributed by atoms with van der Waals surface area (Å²) in [5.74, 6) is 1.16. The van der Waals surface area contributed by atoms with Crippen molar-refractivity contribution < 1.29 is 0 Å². The summed E-state index contributed by atoms with van der Waals surface area (Å²) in [6, 6.07) is 1.64. The van der Waals surface area contributed by atoms with Crippen LogP contribution in [0.3, 0.4) is 0 Å². The SMILES string of the molecule is CCN(CC)C(N)=NCCNc1ncc(Cl)cc1Cl.I. The normalized spacial score (nSPS) is 10.9. The molecule has 114 valence electrons. The van der Waals surface area contributed by atoms with Crippen LogP contribution in [0.5, 0.6) is 0 Å². The second kappa shape index (κ2) is 10.3. The molecule has 0 aromatic carbocycles. The highest BCUT2D eigenvalue weighted by Crippen LogP contribution is 2.21. The molecule has 0 radical (unpaired) electrons. The molecule has 1 heterocycles. The molecule has 20 heavy (non-hydrogen) atoms. The zero-order valence-electron chi connectivity index (χ0n) is 11.6. The highest BCUT2D eigenvalue weighted by molar-refractivity contribution is 14.0. The molecule has 0 aliphatic rings. The van der Waals surface area contributed by atoms with Crippen LogP contribution in [-0.2, 0) is 0 Å². The van der Waals surface area contributed by atoms with Gasteiger partial charge in [0, 0.05) is 25.8 Å². The van der Waals surface area contributed by atoms with Gasteiger partial charge in [0.25, 0.3) is 0 Å². The lowest BCUT2D eigenvalue weighted by Gasteiger charge is -2.19. The van der Waals surface area contributed by atoms with Crippen LogP contribution in [0, 0.1) is 0 Å². The fourth-order valence-corrected chi connectivity index (χ4v) is 1.98. The average molecular weight is 432 g/mol. The van der Waals surface area contributed by atoms with Crippen molar-refractivity contribution in [3.8, 4) is 0 Å². The first-order valence-electron chi connectivity index (χ1n) is 6.18. The zero-order chi connectivity index (χ0) is 14.3. The van der Waals surface area contributed by atoms with Crippen LogP contribution in [0.4, 0.5) is 5.82 Å². The third kappa shape index (κ3) is 6.32. The van der Waals surface area contributed by atoms with Crippen molar-refractivity contribution in [2.75, 3.05) is 31.5 Å². The van der Waals surface area contributed by atoms with Crippen LogP contribution < -0.4 is 11.1 Å². The second-order valence-corrected chi connectivity index (χ2v) is 4.67. The van der Waals surface area contributed by atoms with E-state index in [-0.39, 0.29) is 24.0 Å². The summed E-state index contributed by atoms with van der Waals surface area (Å²) < 4.78 is 0. The Morgan fingerprint density at radius 2 is 2.05 bits per heavy atom. The molecule has 1 aromatic heterocycles. The fourth-order valence-electron chi connectivity index (χ4n) is 1.54. The maximum atomic E-state index is 5.99. The Morgan fingerprint density at radius 1 is 1.40 bits per heavy atom. The smallest absolute Gasteiger partial charge is 0.191 e. The number of nitrogens with two attached hydrogens (primary N) is 1.